The van der Waals surface area contributed by atoms with Gasteiger partial charge in [0.2, 0.25) is 11.8 Å². The second-order valence-electron chi connectivity index (χ2n) is 7.35. The van der Waals surface area contributed by atoms with Crippen molar-refractivity contribution in [1.82, 2.24) is 15.1 Å². The number of amides is 2. The summed E-state index contributed by atoms with van der Waals surface area (Å²) in [7, 11) is 0. The van der Waals surface area contributed by atoms with E-state index in [1.165, 1.54) is 0 Å². The van der Waals surface area contributed by atoms with Crippen LogP contribution < -0.4 is 5.32 Å². The molecule has 0 atom stereocenters. The molecule has 6 heteroatoms. The normalized spacial score (nSPS) is 15.0. The van der Waals surface area contributed by atoms with Crippen molar-refractivity contribution in [2.45, 2.75) is 6.42 Å². The highest BCUT2D eigenvalue weighted by Gasteiger charge is 2.23. The third-order valence-corrected chi connectivity index (χ3v) is 5.42. The minimum atomic E-state index is -0.0126. The van der Waals surface area contributed by atoms with Crippen LogP contribution in [0.2, 0.25) is 0 Å². The molecular weight excluding hydrogens is 366 g/mol. The molecule has 150 valence electrons. The van der Waals surface area contributed by atoms with E-state index in [0.717, 1.165) is 27.3 Å². The highest BCUT2D eigenvalue weighted by molar-refractivity contribution is 6.08. The summed E-state index contributed by atoms with van der Waals surface area (Å²) in [6.45, 7) is 7.08. The van der Waals surface area contributed by atoms with Gasteiger partial charge in [-0.1, -0.05) is 36.4 Å². The zero-order valence-corrected chi connectivity index (χ0v) is 16.4. The van der Waals surface area contributed by atoms with Crippen LogP contribution in [0.15, 0.2) is 59.7 Å². The van der Waals surface area contributed by atoms with E-state index in [-0.39, 0.29) is 11.8 Å². The van der Waals surface area contributed by atoms with Crippen molar-refractivity contribution in [3.05, 3.63) is 60.9 Å². The van der Waals surface area contributed by atoms with Crippen molar-refractivity contribution in [3.8, 4) is 0 Å². The van der Waals surface area contributed by atoms with Crippen LogP contribution in [-0.4, -0.2) is 60.9 Å². The Morgan fingerprint density at radius 2 is 1.90 bits per heavy atom. The second kappa shape index (κ2) is 8.49. The lowest BCUT2D eigenvalue weighted by Crippen LogP contribution is -2.51. The van der Waals surface area contributed by atoms with Gasteiger partial charge in [0.1, 0.15) is 5.58 Å². The van der Waals surface area contributed by atoms with Gasteiger partial charge in [0.25, 0.3) is 0 Å². The second-order valence-corrected chi connectivity index (χ2v) is 7.35. The molecule has 1 aromatic heterocycles. The minimum absolute atomic E-state index is 0.0126. The summed E-state index contributed by atoms with van der Waals surface area (Å²) in [5.74, 6) is 0.0813. The van der Waals surface area contributed by atoms with E-state index in [1.807, 2.05) is 29.2 Å². The lowest BCUT2D eigenvalue weighted by molar-refractivity contribution is -0.132. The predicted molar refractivity (Wildman–Crippen MR) is 114 cm³/mol. The fourth-order valence-electron chi connectivity index (χ4n) is 3.88. The Morgan fingerprint density at radius 3 is 2.69 bits per heavy atom. The molecule has 29 heavy (non-hydrogen) atoms. The van der Waals surface area contributed by atoms with E-state index < -0.39 is 0 Å². The van der Waals surface area contributed by atoms with Gasteiger partial charge < -0.3 is 14.6 Å². The molecule has 2 aromatic carbocycles. The summed E-state index contributed by atoms with van der Waals surface area (Å²) in [4.78, 5) is 28.7. The monoisotopic (exact) mass is 391 g/mol. The Labute approximate surface area is 169 Å². The van der Waals surface area contributed by atoms with E-state index >= 15 is 0 Å². The van der Waals surface area contributed by atoms with Gasteiger partial charge in [-0.25, -0.2) is 0 Å². The third kappa shape index (κ3) is 4.17. The van der Waals surface area contributed by atoms with Gasteiger partial charge in [0.15, 0.2) is 0 Å². The molecule has 2 amide bonds. The maximum absolute atomic E-state index is 12.9. The molecular formula is C23H25N3O3. The SMILES string of the molecule is C=CCNC(=O)CN1CCN(C(=O)Cc2coc3ccc4ccccc4c23)CC1. The van der Waals surface area contributed by atoms with Crippen LogP contribution in [0, 0.1) is 0 Å². The molecule has 0 spiro atoms. The maximum Gasteiger partial charge on any atom is 0.234 e. The molecule has 6 nitrogen and oxygen atoms in total. The topological polar surface area (TPSA) is 65.8 Å². The molecule has 0 saturated carbocycles. The number of hydrogen-bond donors (Lipinski definition) is 1. The number of benzene rings is 2. The molecule has 0 unspecified atom stereocenters. The molecule has 2 heterocycles. The number of carbonyl (C=O) groups excluding carboxylic acids is 2. The van der Waals surface area contributed by atoms with Gasteiger partial charge in [-0.3, -0.25) is 14.5 Å². The van der Waals surface area contributed by atoms with E-state index in [1.54, 1.807) is 12.3 Å². The summed E-state index contributed by atoms with van der Waals surface area (Å²) in [5.41, 5.74) is 1.73. The number of nitrogens with one attached hydrogen (secondary N) is 1. The molecule has 0 bridgehead atoms. The smallest absolute Gasteiger partial charge is 0.234 e. The largest absolute Gasteiger partial charge is 0.464 e. The summed E-state index contributed by atoms with van der Waals surface area (Å²) in [5, 5.41) is 6.05. The zero-order valence-electron chi connectivity index (χ0n) is 16.4. The number of hydrogen-bond acceptors (Lipinski definition) is 4. The molecule has 0 radical (unpaired) electrons. The van der Waals surface area contributed by atoms with Crippen LogP contribution in [0.3, 0.4) is 0 Å². The van der Waals surface area contributed by atoms with Crippen LogP contribution >= 0.6 is 0 Å². The summed E-state index contributed by atoms with van der Waals surface area (Å²) in [6, 6.07) is 12.1. The van der Waals surface area contributed by atoms with Crippen LogP contribution in [0.5, 0.6) is 0 Å². The first kappa shape index (κ1) is 19.2. The van der Waals surface area contributed by atoms with Gasteiger partial charge in [0.05, 0.1) is 19.2 Å². The standard InChI is InChI=1S/C23H25N3O3/c1-2-9-24-21(27)15-25-10-12-26(13-11-25)22(28)14-18-16-29-20-8-7-17-5-3-4-6-19(17)23(18)20/h2-8,16H,1,9-15H2,(H,24,27). The fraction of sp³-hybridized carbons (Fsp3) is 0.304. The first-order valence-electron chi connectivity index (χ1n) is 9.91. The van der Waals surface area contributed by atoms with Crippen molar-refractivity contribution in [2.24, 2.45) is 0 Å². The van der Waals surface area contributed by atoms with E-state index in [2.05, 4.69) is 28.9 Å². The summed E-state index contributed by atoms with van der Waals surface area (Å²) >= 11 is 0. The average molecular weight is 391 g/mol. The van der Waals surface area contributed by atoms with Crippen molar-refractivity contribution >= 4 is 33.6 Å². The van der Waals surface area contributed by atoms with Crippen LogP contribution in [0.25, 0.3) is 21.7 Å². The van der Waals surface area contributed by atoms with Crippen molar-refractivity contribution in [3.63, 3.8) is 0 Å². The van der Waals surface area contributed by atoms with Crippen LogP contribution in [0.4, 0.5) is 0 Å². The number of nitrogens with zero attached hydrogens (tertiary/aromatic N) is 2. The minimum Gasteiger partial charge on any atom is -0.464 e. The molecule has 1 aliphatic heterocycles. The molecule has 0 aliphatic carbocycles. The first-order chi connectivity index (χ1) is 14.2. The fourth-order valence-corrected chi connectivity index (χ4v) is 3.88. The number of furan rings is 1. The molecule has 4 rings (SSSR count). The van der Waals surface area contributed by atoms with Gasteiger partial charge in [-0.15, -0.1) is 6.58 Å². The van der Waals surface area contributed by atoms with Crippen LogP contribution in [-0.2, 0) is 16.0 Å². The molecule has 1 saturated heterocycles. The quantitative estimate of drug-likeness (QED) is 0.656. The lowest BCUT2D eigenvalue weighted by atomic mass is 10.0. The van der Waals surface area contributed by atoms with Gasteiger partial charge in [0, 0.05) is 43.7 Å². The van der Waals surface area contributed by atoms with Crippen LogP contribution in [0.1, 0.15) is 5.56 Å². The summed E-state index contributed by atoms with van der Waals surface area (Å²) in [6.07, 6.45) is 3.69. The molecule has 1 fully saturated rings. The van der Waals surface area contributed by atoms with Crippen molar-refractivity contribution < 1.29 is 14.0 Å². The maximum atomic E-state index is 12.9. The van der Waals surface area contributed by atoms with Gasteiger partial charge in [-0.2, -0.15) is 0 Å². The van der Waals surface area contributed by atoms with E-state index in [0.29, 0.717) is 45.7 Å². The Hall–Kier alpha value is -3.12. The highest BCUT2D eigenvalue weighted by Crippen LogP contribution is 2.30. The number of fused-ring (bicyclic) bond motifs is 3. The van der Waals surface area contributed by atoms with Gasteiger partial charge >= 0.3 is 0 Å². The number of piperazine rings is 1. The van der Waals surface area contributed by atoms with Crippen molar-refractivity contribution in [2.75, 3.05) is 39.3 Å². The predicted octanol–water partition coefficient (Wildman–Crippen LogP) is 2.57. The van der Waals surface area contributed by atoms with Gasteiger partial charge in [-0.05, 0) is 16.8 Å². The van der Waals surface area contributed by atoms with E-state index in [9.17, 15) is 9.59 Å². The Kier molecular flexibility index (Phi) is 5.62. The highest BCUT2D eigenvalue weighted by atomic mass is 16.3. The van der Waals surface area contributed by atoms with E-state index in [4.69, 9.17) is 4.42 Å². The average Bonchev–Trinajstić information content (AvgIpc) is 3.16. The summed E-state index contributed by atoms with van der Waals surface area (Å²) < 4.78 is 5.71. The molecule has 3 aromatic rings. The lowest BCUT2D eigenvalue weighted by Gasteiger charge is -2.34. The zero-order chi connectivity index (χ0) is 20.2. The molecule has 1 aliphatic rings. The Morgan fingerprint density at radius 1 is 1.10 bits per heavy atom. The van der Waals surface area contributed by atoms with Crippen molar-refractivity contribution in [1.29, 1.82) is 0 Å². The molecule has 1 N–H and O–H groups in total. The first-order valence-corrected chi connectivity index (χ1v) is 9.91. The number of carbonyl (C=O) groups is 2. The Bertz CT molecular complexity index is 1050. The Balaban J connectivity index is 1.40. The third-order valence-electron chi connectivity index (χ3n) is 5.42. The number of rotatable bonds is 6.